The van der Waals surface area contributed by atoms with Crippen LogP contribution in [0.1, 0.15) is 30.2 Å². The average molecular weight is 396 g/mol. The second-order valence-electron chi connectivity index (χ2n) is 6.97. The molecule has 3 rings (SSSR count). The minimum atomic E-state index is -0.187. The molecule has 3 aromatic rings. The van der Waals surface area contributed by atoms with E-state index < -0.39 is 0 Å². The topological polar surface area (TPSA) is 75.4 Å². The van der Waals surface area contributed by atoms with E-state index in [0.29, 0.717) is 25.4 Å². The summed E-state index contributed by atoms with van der Waals surface area (Å²) in [6.45, 7) is 5.76. The predicted molar refractivity (Wildman–Crippen MR) is 116 cm³/mol. The molecule has 6 nitrogen and oxygen atoms in total. The van der Waals surface area contributed by atoms with Gasteiger partial charge < -0.3 is 25.1 Å². The molecular formula is C23H29N3O3. The van der Waals surface area contributed by atoms with Crippen LogP contribution >= 0.6 is 0 Å². The summed E-state index contributed by atoms with van der Waals surface area (Å²) in [7, 11) is 1.62. The van der Waals surface area contributed by atoms with Crippen LogP contribution in [-0.2, 0) is 13.0 Å². The van der Waals surface area contributed by atoms with E-state index in [1.807, 2.05) is 30.3 Å². The van der Waals surface area contributed by atoms with E-state index in [-0.39, 0.29) is 6.03 Å². The van der Waals surface area contributed by atoms with Crippen molar-refractivity contribution in [2.75, 3.05) is 20.3 Å². The number of ether oxygens (including phenoxy) is 2. The number of aromatic amines is 1. The first-order valence-corrected chi connectivity index (χ1v) is 10.00. The second-order valence-corrected chi connectivity index (χ2v) is 6.97. The number of carbonyl (C=O) groups excluding carboxylic acids is 1. The Kier molecular flexibility index (Phi) is 7.00. The van der Waals surface area contributed by atoms with Gasteiger partial charge in [-0.05, 0) is 49.1 Å². The van der Waals surface area contributed by atoms with Gasteiger partial charge in [0.15, 0.2) is 11.5 Å². The molecule has 0 unspecified atom stereocenters. The van der Waals surface area contributed by atoms with Crippen LogP contribution in [0.2, 0.25) is 0 Å². The zero-order valence-corrected chi connectivity index (χ0v) is 17.3. The van der Waals surface area contributed by atoms with Gasteiger partial charge in [0.2, 0.25) is 0 Å². The van der Waals surface area contributed by atoms with Crippen LogP contribution < -0.4 is 20.1 Å². The molecule has 2 amide bonds. The van der Waals surface area contributed by atoms with Gasteiger partial charge in [-0.2, -0.15) is 0 Å². The highest BCUT2D eigenvalue weighted by atomic mass is 16.5. The smallest absolute Gasteiger partial charge is 0.315 e. The fraction of sp³-hybridized carbons (Fsp3) is 0.348. The van der Waals surface area contributed by atoms with Crippen molar-refractivity contribution in [2.45, 2.75) is 33.2 Å². The molecule has 0 saturated carbocycles. The van der Waals surface area contributed by atoms with Crippen molar-refractivity contribution in [3.05, 3.63) is 59.3 Å². The third-order valence-electron chi connectivity index (χ3n) is 4.83. The molecule has 0 atom stereocenters. The highest BCUT2D eigenvalue weighted by molar-refractivity contribution is 5.84. The first-order valence-electron chi connectivity index (χ1n) is 10.00. The Morgan fingerprint density at radius 2 is 1.93 bits per heavy atom. The Hall–Kier alpha value is -3.15. The number of urea groups is 1. The number of hydrogen-bond acceptors (Lipinski definition) is 3. The maximum atomic E-state index is 12.2. The zero-order valence-electron chi connectivity index (χ0n) is 17.3. The molecule has 0 aliphatic rings. The maximum absolute atomic E-state index is 12.2. The molecular weight excluding hydrogens is 366 g/mol. The van der Waals surface area contributed by atoms with E-state index in [0.717, 1.165) is 35.4 Å². The Labute approximate surface area is 171 Å². The molecule has 0 fully saturated rings. The second kappa shape index (κ2) is 9.87. The van der Waals surface area contributed by atoms with Crippen molar-refractivity contribution in [3.63, 3.8) is 0 Å². The van der Waals surface area contributed by atoms with Gasteiger partial charge in [-0.3, -0.25) is 0 Å². The Morgan fingerprint density at radius 1 is 1.10 bits per heavy atom. The van der Waals surface area contributed by atoms with E-state index in [2.05, 4.69) is 41.6 Å². The number of fused-ring (bicyclic) bond motifs is 1. The number of nitrogens with one attached hydrogen (secondary N) is 3. The first-order chi connectivity index (χ1) is 14.1. The van der Waals surface area contributed by atoms with Gasteiger partial charge in [0.25, 0.3) is 0 Å². The first kappa shape index (κ1) is 20.6. The third kappa shape index (κ3) is 5.22. The normalized spacial score (nSPS) is 10.7. The lowest BCUT2D eigenvalue weighted by atomic mass is 10.1. The van der Waals surface area contributed by atoms with Crippen LogP contribution in [0.25, 0.3) is 10.9 Å². The van der Waals surface area contributed by atoms with Gasteiger partial charge in [0, 0.05) is 29.7 Å². The summed E-state index contributed by atoms with van der Waals surface area (Å²) >= 11 is 0. The molecule has 0 spiro atoms. The number of aromatic nitrogens is 1. The number of aryl methyl sites for hydroxylation is 1. The quantitative estimate of drug-likeness (QED) is 0.505. The minimum Gasteiger partial charge on any atom is -0.493 e. The van der Waals surface area contributed by atoms with Crippen molar-refractivity contribution < 1.29 is 14.3 Å². The summed E-state index contributed by atoms with van der Waals surface area (Å²) in [5.41, 5.74) is 4.47. The Morgan fingerprint density at radius 3 is 2.72 bits per heavy atom. The van der Waals surface area contributed by atoms with Gasteiger partial charge in [0.1, 0.15) is 0 Å². The van der Waals surface area contributed by atoms with Crippen molar-refractivity contribution in [3.8, 4) is 11.5 Å². The highest BCUT2D eigenvalue weighted by Crippen LogP contribution is 2.28. The highest BCUT2D eigenvalue weighted by Gasteiger charge is 2.09. The van der Waals surface area contributed by atoms with Gasteiger partial charge in [-0.25, -0.2) is 4.79 Å². The number of rotatable bonds is 9. The maximum Gasteiger partial charge on any atom is 0.315 e. The summed E-state index contributed by atoms with van der Waals surface area (Å²) in [5, 5.41) is 7.03. The third-order valence-corrected chi connectivity index (χ3v) is 4.83. The summed E-state index contributed by atoms with van der Waals surface area (Å²) < 4.78 is 11.0. The molecule has 6 heteroatoms. The van der Waals surface area contributed by atoms with E-state index >= 15 is 0 Å². The minimum absolute atomic E-state index is 0.187. The van der Waals surface area contributed by atoms with E-state index in [1.54, 1.807) is 7.11 Å². The molecule has 1 aromatic heterocycles. The van der Waals surface area contributed by atoms with Crippen molar-refractivity contribution in [2.24, 2.45) is 0 Å². The molecule has 29 heavy (non-hydrogen) atoms. The fourth-order valence-corrected chi connectivity index (χ4v) is 3.36. The largest absolute Gasteiger partial charge is 0.493 e. The van der Waals surface area contributed by atoms with Crippen molar-refractivity contribution >= 4 is 16.9 Å². The SMILES string of the molecule is CCCOc1ccc(CNC(=O)NCCc2c(C)[nH]c3ccccc23)cc1OC. The number of hydrogen-bond donors (Lipinski definition) is 3. The summed E-state index contributed by atoms with van der Waals surface area (Å²) in [4.78, 5) is 15.6. The van der Waals surface area contributed by atoms with Crippen molar-refractivity contribution in [1.82, 2.24) is 15.6 Å². The lowest BCUT2D eigenvalue weighted by molar-refractivity contribution is 0.240. The van der Waals surface area contributed by atoms with Crippen LogP contribution in [0, 0.1) is 6.92 Å². The number of carbonyl (C=O) groups is 1. The zero-order chi connectivity index (χ0) is 20.6. The van der Waals surface area contributed by atoms with Crippen LogP contribution in [-0.4, -0.2) is 31.3 Å². The van der Waals surface area contributed by atoms with Gasteiger partial charge in [0.05, 0.1) is 13.7 Å². The van der Waals surface area contributed by atoms with Gasteiger partial charge in [-0.1, -0.05) is 31.2 Å². The molecule has 3 N–H and O–H groups in total. The van der Waals surface area contributed by atoms with Crippen molar-refractivity contribution in [1.29, 1.82) is 0 Å². The molecule has 0 bridgehead atoms. The Balaban J connectivity index is 1.49. The predicted octanol–water partition coefficient (Wildman–Crippen LogP) is 4.32. The number of methoxy groups -OCH3 is 1. The summed E-state index contributed by atoms with van der Waals surface area (Å²) in [5.74, 6) is 1.39. The van der Waals surface area contributed by atoms with Gasteiger partial charge >= 0.3 is 6.03 Å². The monoisotopic (exact) mass is 395 g/mol. The molecule has 0 aliphatic carbocycles. The fourth-order valence-electron chi connectivity index (χ4n) is 3.36. The number of para-hydroxylation sites is 1. The Bertz CT molecular complexity index is 965. The standard InChI is InChI=1S/C23H29N3O3/c1-4-13-29-21-10-9-17(14-22(21)28-3)15-25-23(27)24-12-11-18-16(2)26-20-8-6-5-7-19(18)20/h5-10,14,26H,4,11-13,15H2,1-3H3,(H2,24,25,27). The van der Waals surface area contributed by atoms with E-state index in [1.165, 1.54) is 10.9 Å². The number of benzene rings is 2. The molecule has 154 valence electrons. The summed E-state index contributed by atoms with van der Waals surface area (Å²) in [6.07, 6.45) is 1.71. The number of H-pyrrole nitrogens is 1. The van der Waals surface area contributed by atoms with Crippen LogP contribution in [0.4, 0.5) is 4.79 Å². The van der Waals surface area contributed by atoms with E-state index in [4.69, 9.17) is 9.47 Å². The van der Waals surface area contributed by atoms with Crippen LogP contribution in [0.15, 0.2) is 42.5 Å². The average Bonchev–Trinajstić information content (AvgIpc) is 3.06. The van der Waals surface area contributed by atoms with Gasteiger partial charge in [-0.15, -0.1) is 0 Å². The summed E-state index contributed by atoms with van der Waals surface area (Å²) in [6, 6.07) is 13.7. The molecule has 1 heterocycles. The van der Waals surface area contributed by atoms with Crippen LogP contribution in [0.3, 0.4) is 0 Å². The lowest BCUT2D eigenvalue weighted by Gasteiger charge is -2.12. The van der Waals surface area contributed by atoms with Crippen LogP contribution in [0.5, 0.6) is 11.5 Å². The lowest BCUT2D eigenvalue weighted by Crippen LogP contribution is -2.36. The molecule has 0 saturated heterocycles. The van der Waals surface area contributed by atoms with E-state index in [9.17, 15) is 4.79 Å². The molecule has 0 radical (unpaired) electrons. The molecule has 0 aliphatic heterocycles. The molecule has 2 aromatic carbocycles. The number of amides is 2.